The monoisotopic (exact) mass is 138 g/mol. The van der Waals surface area contributed by atoms with Crippen molar-refractivity contribution in [2.75, 3.05) is 18.1 Å². The second-order valence-corrected chi connectivity index (χ2v) is 1.88. The van der Waals surface area contributed by atoms with Crippen molar-refractivity contribution in [1.29, 1.82) is 0 Å². The van der Waals surface area contributed by atoms with Crippen LogP contribution in [-0.4, -0.2) is 7.05 Å². The van der Waals surface area contributed by atoms with E-state index in [1.165, 1.54) is 0 Å². The van der Waals surface area contributed by atoms with E-state index in [2.05, 4.69) is 5.32 Å². The number of anilines is 2. The number of hydrogen-bond donors (Lipinski definition) is 2. The molecule has 56 valence electrons. The van der Waals surface area contributed by atoms with E-state index in [-0.39, 0.29) is 7.43 Å². The minimum absolute atomic E-state index is 0. The molecule has 10 heavy (non-hydrogen) atoms. The molecule has 1 aromatic rings. The molecule has 0 saturated heterocycles. The number of nitrogens with two attached hydrogens (primary N) is 1. The molecule has 0 heterocycles. The first-order chi connectivity index (χ1) is 4.33. The van der Waals surface area contributed by atoms with Crippen LogP contribution in [0, 0.1) is 0 Å². The molecule has 2 heteroatoms. The molecule has 0 aliphatic heterocycles. The highest BCUT2D eigenvalue weighted by molar-refractivity contribution is 5.53. The maximum Gasteiger partial charge on any atom is 0.0358 e. The molecule has 0 unspecified atom stereocenters. The number of nitrogen functional groups attached to an aromatic ring is 1. The van der Waals surface area contributed by atoms with Gasteiger partial charge in [0.1, 0.15) is 0 Å². The van der Waals surface area contributed by atoms with E-state index >= 15 is 0 Å². The first kappa shape index (κ1) is 8.82. The quantitative estimate of drug-likeness (QED) is 0.582. The predicted octanol–water partition coefficient (Wildman–Crippen LogP) is 1.95. The fraction of sp³-hybridized carbons (Fsp3) is 0.250. The zero-order valence-electron chi connectivity index (χ0n) is 5.39. The third-order valence-electron chi connectivity index (χ3n) is 1.18. The van der Waals surface area contributed by atoms with E-state index in [0.29, 0.717) is 0 Å². The summed E-state index contributed by atoms with van der Waals surface area (Å²) in [5, 5.41) is 2.99. The van der Waals surface area contributed by atoms with Crippen LogP contribution in [0.5, 0.6) is 0 Å². The molecular weight excluding hydrogens is 124 g/mol. The van der Waals surface area contributed by atoms with Gasteiger partial charge in [0, 0.05) is 18.4 Å². The van der Waals surface area contributed by atoms with Crippen molar-refractivity contribution in [3.8, 4) is 0 Å². The second-order valence-electron chi connectivity index (χ2n) is 1.88. The van der Waals surface area contributed by atoms with Crippen molar-refractivity contribution < 1.29 is 0 Å². The van der Waals surface area contributed by atoms with E-state index in [1.807, 2.05) is 31.3 Å². The SMILES string of the molecule is C.CNc1cccc(N)c1. The number of hydrogen-bond acceptors (Lipinski definition) is 2. The maximum atomic E-state index is 5.49. The average Bonchev–Trinajstić information content (AvgIpc) is 1.88. The number of benzene rings is 1. The Morgan fingerprint density at radius 2 is 2.10 bits per heavy atom. The molecular formula is C8H14N2. The lowest BCUT2D eigenvalue weighted by Crippen LogP contribution is -1.89. The molecule has 0 amide bonds. The number of nitrogens with one attached hydrogen (secondary N) is 1. The Balaban J connectivity index is 0.000000810. The molecule has 0 bridgehead atoms. The lowest BCUT2D eigenvalue weighted by molar-refractivity contribution is 1.51. The summed E-state index contributed by atoms with van der Waals surface area (Å²) in [7, 11) is 1.87. The summed E-state index contributed by atoms with van der Waals surface area (Å²) in [5.41, 5.74) is 7.34. The molecule has 2 nitrogen and oxygen atoms in total. The van der Waals surface area contributed by atoms with Crippen LogP contribution >= 0.6 is 0 Å². The van der Waals surface area contributed by atoms with Gasteiger partial charge in [-0.25, -0.2) is 0 Å². The first-order valence-corrected chi connectivity index (χ1v) is 2.86. The highest BCUT2D eigenvalue weighted by Crippen LogP contribution is 2.09. The minimum Gasteiger partial charge on any atom is -0.399 e. The second kappa shape index (κ2) is 3.77. The lowest BCUT2D eigenvalue weighted by Gasteiger charge is -1.98. The molecule has 3 N–H and O–H groups in total. The van der Waals surface area contributed by atoms with Gasteiger partial charge in [-0.1, -0.05) is 13.5 Å². The highest BCUT2D eigenvalue weighted by Gasteiger charge is 1.85. The molecule has 0 spiro atoms. The summed E-state index contributed by atoms with van der Waals surface area (Å²) in [6.45, 7) is 0. The predicted molar refractivity (Wildman–Crippen MR) is 47.1 cm³/mol. The van der Waals surface area contributed by atoms with Crippen LogP contribution in [0.3, 0.4) is 0 Å². The van der Waals surface area contributed by atoms with Crippen LogP contribution in [0.25, 0.3) is 0 Å². The van der Waals surface area contributed by atoms with Gasteiger partial charge in [-0.05, 0) is 18.2 Å². The third kappa shape index (κ3) is 1.97. The van der Waals surface area contributed by atoms with E-state index in [4.69, 9.17) is 5.73 Å². The third-order valence-corrected chi connectivity index (χ3v) is 1.18. The fourth-order valence-electron chi connectivity index (χ4n) is 0.694. The molecule has 0 atom stereocenters. The van der Waals surface area contributed by atoms with Crippen molar-refractivity contribution in [1.82, 2.24) is 0 Å². The van der Waals surface area contributed by atoms with Gasteiger partial charge in [0.2, 0.25) is 0 Å². The summed E-state index contributed by atoms with van der Waals surface area (Å²) < 4.78 is 0. The Morgan fingerprint density at radius 1 is 1.40 bits per heavy atom. The van der Waals surface area contributed by atoms with Crippen molar-refractivity contribution in [2.45, 2.75) is 7.43 Å². The van der Waals surface area contributed by atoms with Crippen LogP contribution in [0.1, 0.15) is 7.43 Å². The smallest absolute Gasteiger partial charge is 0.0358 e. The van der Waals surface area contributed by atoms with Crippen LogP contribution in [0.15, 0.2) is 24.3 Å². The van der Waals surface area contributed by atoms with E-state index < -0.39 is 0 Å². The largest absolute Gasteiger partial charge is 0.399 e. The molecule has 0 saturated carbocycles. The van der Waals surface area contributed by atoms with Crippen LogP contribution in [0.4, 0.5) is 11.4 Å². The van der Waals surface area contributed by atoms with Gasteiger partial charge < -0.3 is 11.1 Å². The molecule has 0 fully saturated rings. The summed E-state index contributed by atoms with van der Waals surface area (Å²) in [6.07, 6.45) is 0. The minimum atomic E-state index is 0. The molecule has 0 aromatic heterocycles. The normalized spacial score (nSPS) is 8.10. The van der Waals surface area contributed by atoms with Gasteiger partial charge in [-0.3, -0.25) is 0 Å². The summed E-state index contributed by atoms with van der Waals surface area (Å²) >= 11 is 0. The number of rotatable bonds is 1. The zero-order chi connectivity index (χ0) is 6.69. The van der Waals surface area contributed by atoms with E-state index in [9.17, 15) is 0 Å². The standard InChI is InChI=1S/C7H10N2.CH4/c1-9-7-4-2-3-6(8)5-7;/h2-5,9H,8H2,1H3;1H4. The summed E-state index contributed by atoms with van der Waals surface area (Å²) in [4.78, 5) is 0. The molecule has 0 radical (unpaired) electrons. The summed E-state index contributed by atoms with van der Waals surface area (Å²) in [5.74, 6) is 0. The average molecular weight is 138 g/mol. The first-order valence-electron chi connectivity index (χ1n) is 2.86. The molecule has 0 aliphatic carbocycles. The van der Waals surface area contributed by atoms with Gasteiger partial charge in [0.05, 0.1) is 0 Å². The molecule has 1 aromatic carbocycles. The Labute approximate surface area is 62.1 Å². The van der Waals surface area contributed by atoms with Gasteiger partial charge in [-0.15, -0.1) is 0 Å². The van der Waals surface area contributed by atoms with Gasteiger partial charge >= 0.3 is 0 Å². The Morgan fingerprint density at radius 3 is 2.50 bits per heavy atom. The van der Waals surface area contributed by atoms with Gasteiger partial charge in [-0.2, -0.15) is 0 Å². The van der Waals surface area contributed by atoms with Crippen molar-refractivity contribution in [3.05, 3.63) is 24.3 Å². The fourth-order valence-corrected chi connectivity index (χ4v) is 0.694. The lowest BCUT2D eigenvalue weighted by atomic mass is 10.3. The zero-order valence-corrected chi connectivity index (χ0v) is 5.39. The van der Waals surface area contributed by atoms with Gasteiger partial charge in [0.15, 0.2) is 0 Å². The Hall–Kier alpha value is -1.18. The Bertz CT molecular complexity index is 196. The Kier molecular flexibility index (Phi) is 3.33. The van der Waals surface area contributed by atoms with Crippen LogP contribution in [-0.2, 0) is 0 Å². The van der Waals surface area contributed by atoms with Crippen molar-refractivity contribution >= 4 is 11.4 Å². The van der Waals surface area contributed by atoms with Crippen molar-refractivity contribution in [3.63, 3.8) is 0 Å². The van der Waals surface area contributed by atoms with Gasteiger partial charge in [0.25, 0.3) is 0 Å². The highest BCUT2D eigenvalue weighted by atomic mass is 14.8. The van der Waals surface area contributed by atoms with Crippen LogP contribution < -0.4 is 11.1 Å². The van der Waals surface area contributed by atoms with Crippen molar-refractivity contribution in [2.24, 2.45) is 0 Å². The molecule has 1 rings (SSSR count). The maximum absolute atomic E-state index is 5.49. The van der Waals surface area contributed by atoms with E-state index in [0.717, 1.165) is 11.4 Å². The molecule has 0 aliphatic rings. The van der Waals surface area contributed by atoms with Crippen LogP contribution in [0.2, 0.25) is 0 Å². The summed E-state index contributed by atoms with van der Waals surface area (Å²) in [6, 6.07) is 7.64. The topological polar surface area (TPSA) is 38.0 Å². The van der Waals surface area contributed by atoms with E-state index in [1.54, 1.807) is 0 Å².